The first-order valence-electron chi connectivity index (χ1n) is 6.09. The molecule has 0 fully saturated rings. The number of carbonyl (C=O) groups is 2. The Balaban J connectivity index is 2.08. The maximum absolute atomic E-state index is 12.2. The van der Waals surface area contributed by atoms with E-state index in [1.54, 1.807) is 11.4 Å². The van der Waals surface area contributed by atoms with Gasteiger partial charge >= 0.3 is 5.97 Å². The maximum atomic E-state index is 12.2. The fraction of sp³-hybridized carbons (Fsp3) is 0.214. The summed E-state index contributed by atoms with van der Waals surface area (Å²) in [6, 6.07) is 7.37. The van der Waals surface area contributed by atoms with Gasteiger partial charge in [-0.05, 0) is 18.4 Å². The van der Waals surface area contributed by atoms with E-state index in [0.29, 0.717) is 16.4 Å². The molecular weight excluding hydrogens is 308 g/mol. The molecule has 2 rings (SSSR count). The Bertz CT molecular complexity index is 655. The highest BCUT2D eigenvalue weighted by atomic mass is 32.2. The topological polar surface area (TPSA) is 68.3 Å². The zero-order valence-electron chi connectivity index (χ0n) is 11.6. The van der Waals surface area contributed by atoms with Gasteiger partial charge in [-0.3, -0.25) is 14.9 Å². The molecule has 0 unspecified atom stereocenters. The van der Waals surface area contributed by atoms with Gasteiger partial charge in [-0.1, -0.05) is 12.1 Å². The number of nitrogens with one attached hydrogen (secondary N) is 1. The summed E-state index contributed by atoms with van der Waals surface area (Å²) in [5.41, 5.74) is 1.19. The van der Waals surface area contributed by atoms with Crippen molar-refractivity contribution in [3.63, 3.8) is 0 Å². The summed E-state index contributed by atoms with van der Waals surface area (Å²) in [5.74, 6) is -0.565. The molecule has 0 aliphatic rings. The van der Waals surface area contributed by atoms with Crippen LogP contribution < -0.4 is 5.32 Å². The Morgan fingerprint density at radius 3 is 2.86 bits per heavy atom. The lowest BCUT2D eigenvalue weighted by atomic mass is 10.2. The molecule has 0 aliphatic heterocycles. The molecule has 0 aliphatic carbocycles. The van der Waals surface area contributed by atoms with Gasteiger partial charge in [0.1, 0.15) is 0 Å². The van der Waals surface area contributed by atoms with Crippen molar-refractivity contribution in [2.75, 3.05) is 18.7 Å². The summed E-state index contributed by atoms with van der Waals surface area (Å²) in [6.45, 7) is 0. The molecule has 0 atom stereocenters. The minimum atomic E-state index is -0.356. The number of nitrogens with zero attached hydrogens (tertiary/aromatic N) is 1. The van der Waals surface area contributed by atoms with Gasteiger partial charge in [0.25, 0.3) is 5.91 Å². The third-order valence-corrected chi connectivity index (χ3v) is 4.28. The van der Waals surface area contributed by atoms with Crippen LogP contribution in [0, 0.1) is 0 Å². The smallest absolute Gasteiger partial charge is 0.311 e. The Hall–Kier alpha value is -1.86. The summed E-state index contributed by atoms with van der Waals surface area (Å²) >= 11 is 2.79. The van der Waals surface area contributed by atoms with Crippen LogP contribution in [-0.4, -0.2) is 30.2 Å². The summed E-state index contributed by atoms with van der Waals surface area (Å²) in [7, 11) is 1.33. The van der Waals surface area contributed by atoms with Crippen molar-refractivity contribution in [2.24, 2.45) is 0 Å². The highest BCUT2D eigenvalue weighted by Gasteiger charge is 2.13. The van der Waals surface area contributed by atoms with Crippen LogP contribution in [0.1, 0.15) is 16.1 Å². The van der Waals surface area contributed by atoms with Gasteiger partial charge in [0, 0.05) is 10.3 Å². The molecule has 0 radical (unpaired) electrons. The molecule has 1 aromatic heterocycles. The van der Waals surface area contributed by atoms with Crippen molar-refractivity contribution in [1.29, 1.82) is 0 Å². The number of hydrogen-bond donors (Lipinski definition) is 1. The lowest BCUT2D eigenvalue weighted by molar-refractivity contribution is -0.139. The SMILES string of the molecule is COC(=O)Cc1csc(NC(=O)c2ccccc2SC)n1. The van der Waals surface area contributed by atoms with Gasteiger partial charge in [-0.2, -0.15) is 0 Å². The minimum absolute atomic E-state index is 0.101. The normalized spacial score (nSPS) is 10.2. The molecule has 1 heterocycles. The maximum Gasteiger partial charge on any atom is 0.311 e. The summed E-state index contributed by atoms with van der Waals surface area (Å²) < 4.78 is 4.58. The van der Waals surface area contributed by atoms with E-state index in [1.165, 1.54) is 30.2 Å². The number of hydrogen-bond acceptors (Lipinski definition) is 6. The zero-order valence-corrected chi connectivity index (χ0v) is 13.2. The molecule has 21 heavy (non-hydrogen) atoms. The summed E-state index contributed by atoms with van der Waals surface area (Å²) in [4.78, 5) is 28.5. The number of rotatable bonds is 5. The molecule has 5 nitrogen and oxygen atoms in total. The van der Waals surface area contributed by atoms with Crippen molar-refractivity contribution < 1.29 is 14.3 Å². The van der Waals surface area contributed by atoms with Crippen molar-refractivity contribution in [2.45, 2.75) is 11.3 Å². The number of esters is 1. The van der Waals surface area contributed by atoms with E-state index in [4.69, 9.17) is 0 Å². The number of amides is 1. The van der Waals surface area contributed by atoms with Crippen LogP contribution in [-0.2, 0) is 16.0 Å². The molecule has 0 saturated carbocycles. The van der Waals surface area contributed by atoms with Crippen LogP contribution in [0.4, 0.5) is 5.13 Å². The number of carbonyl (C=O) groups excluding carboxylic acids is 2. The molecule has 0 spiro atoms. The van der Waals surface area contributed by atoms with Crippen LogP contribution in [0.15, 0.2) is 34.5 Å². The fourth-order valence-corrected chi connectivity index (χ4v) is 2.96. The van der Waals surface area contributed by atoms with E-state index in [-0.39, 0.29) is 18.3 Å². The van der Waals surface area contributed by atoms with Crippen LogP contribution in [0.5, 0.6) is 0 Å². The van der Waals surface area contributed by atoms with Crippen LogP contribution in [0.3, 0.4) is 0 Å². The van der Waals surface area contributed by atoms with Crippen molar-refractivity contribution in [3.8, 4) is 0 Å². The molecule has 1 N–H and O–H groups in total. The van der Waals surface area contributed by atoms with Gasteiger partial charge in [0.2, 0.25) is 0 Å². The first kappa shape index (κ1) is 15.5. The lowest BCUT2D eigenvalue weighted by Crippen LogP contribution is -2.13. The molecule has 110 valence electrons. The predicted molar refractivity (Wildman–Crippen MR) is 84.0 cm³/mol. The highest BCUT2D eigenvalue weighted by Crippen LogP contribution is 2.22. The molecule has 1 aromatic carbocycles. The largest absolute Gasteiger partial charge is 0.469 e. The quantitative estimate of drug-likeness (QED) is 0.677. The Kier molecular flexibility index (Phi) is 5.35. The van der Waals surface area contributed by atoms with Crippen LogP contribution in [0.25, 0.3) is 0 Å². The first-order chi connectivity index (χ1) is 10.1. The molecule has 0 saturated heterocycles. The third kappa shape index (κ3) is 4.05. The van der Waals surface area contributed by atoms with Crippen LogP contribution >= 0.6 is 23.1 Å². The monoisotopic (exact) mass is 322 g/mol. The van der Waals surface area contributed by atoms with Crippen molar-refractivity contribution in [3.05, 3.63) is 40.9 Å². The first-order valence-corrected chi connectivity index (χ1v) is 8.20. The number of anilines is 1. The van der Waals surface area contributed by atoms with E-state index >= 15 is 0 Å². The number of ether oxygens (including phenoxy) is 1. The standard InChI is InChI=1S/C14H14N2O3S2/c1-19-12(17)7-9-8-21-14(15-9)16-13(18)10-5-3-4-6-11(10)20-2/h3-6,8H,7H2,1-2H3,(H,15,16,18). The molecule has 2 aromatic rings. The van der Waals surface area contributed by atoms with Crippen LogP contribution in [0.2, 0.25) is 0 Å². The number of benzene rings is 1. The van der Waals surface area contributed by atoms with Gasteiger partial charge in [-0.25, -0.2) is 4.98 Å². The lowest BCUT2D eigenvalue weighted by Gasteiger charge is -2.06. The second-order valence-corrected chi connectivity index (χ2v) is 5.76. The van der Waals surface area contributed by atoms with E-state index in [0.717, 1.165) is 4.90 Å². The molecular formula is C14H14N2O3S2. The van der Waals surface area contributed by atoms with E-state index in [1.807, 2.05) is 24.5 Å². The fourth-order valence-electron chi connectivity index (χ4n) is 1.66. The highest BCUT2D eigenvalue weighted by molar-refractivity contribution is 7.98. The average Bonchev–Trinajstić information content (AvgIpc) is 2.93. The number of thioether (sulfide) groups is 1. The second-order valence-electron chi connectivity index (χ2n) is 4.05. The van der Waals surface area contributed by atoms with Gasteiger partial charge in [0.05, 0.1) is 24.8 Å². The molecule has 0 bridgehead atoms. The zero-order chi connectivity index (χ0) is 15.2. The van der Waals surface area contributed by atoms with Gasteiger partial charge in [0.15, 0.2) is 5.13 Å². The molecule has 1 amide bonds. The van der Waals surface area contributed by atoms with Gasteiger partial charge in [-0.15, -0.1) is 23.1 Å². The third-order valence-electron chi connectivity index (χ3n) is 2.68. The van der Waals surface area contributed by atoms with Crippen molar-refractivity contribution >= 4 is 40.1 Å². The Morgan fingerprint density at radius 2 is 2.14 bits per heavy atom. The number of thiazole rings is 1. The van der Waals surface area contributed by atoms with E-state index in [9.17, 15) is 9.59 Å². The van der Waals surface area contributed by atoms with Crippen molar-refractivity contribution in [1.82, 2.24) is 4.98 Å². The Morgan fingerprint density at radius 1 is 1.38 bits per heavy atom. The predicted octanol–water partition coefficient (Wildman–Crippen LogP) is 2.83. The average molecular weight is 322 g/mol. The number of aromatic nitrogens is 1. The molecule has 7 heteroatoms. The summed E-state index contributed by atoms with van der Waals surface area (Å²) in [5, 5.41) is 4.94. The van der Waals surface area contributed by atoms with E-state index in [2.05, 4.69) is 15.0 Å². The summed E-state index contributed by atoms with van der Waals surface area (Å²) in [6.07, 6.45) is 2.02. The second kappa shape index (κ2) is 7.24. The Labute approximate surface area is 130 Å². The van der Waals surface area contributed by atoms with Gasteiger partial charge < -0.3 is 4.74 Å². The minimum Gasteiger partial charge on any atom is -0.469 e. The number of methoxy groups -OCH3 is 1. The van der Waals surface area contributed by atoms with E-state index < -0.39 is 0 Å².